The fourth-order valence-electron chi connectivity index (χ4n) is 2.31. The number of fused-ring (bicyclic) bond motifs is 1. The van der Waals surface area contributed by atoms with Crippen molar-refractivity contribution < 1.29 is 4.42 Å². The van der Waals surface area contributed by atoms with Crippen LogP contribution < -0.4 is 11.4 Å². The minimum atomic E-state index is -0.305. The summed E-state index contributed by atoms with van der Waals surface area (Å²) in [4.78, 5) is 13.8. The van der Waals surface area contributed by atoms with Crippen molar-refractivity contribution in [2.75, 3.05) is 13.1 Å². The van der Waals surface area contributed by atoms with Gasteiger partial charge in [-0.25, -0.2) is 4.79 Å². The molecule has 0 bridgehead atoms. The normalized spacial score (nSPS) is 17.0. The van der Waals surface area contributed by atoms with Gasteiger partial charge < -0.3 is 10.2 Å². The van der Waals surface area contributed by atoms with Crippen molar-refractivity contribution >= 4 is 26.9 Å². The van der Waals surface area contributed by atoms with Crippen molar-refractivity contribution in [3.8, 4) is 0 Å². The van der Waals surface area contributed by atoms with E-state index in [9.17, 15) is 4.79 Å². The predicted molar refractivity (Wildman–Crippen MR) is 73.4 cm³/mol. The van der Waals surface area contributed by atoms with Crippen LogP contribution in [0.25, 0.3) is 11.0 Å². The molecule has 1 aliphatic rings. The average Bonchev–Trinajstić information content (AvgIpc) is 2.25. The number of likely N-dealkylation sites (tertiary alicyclic amines) is 1. The van der Waals surface area contributed by atoms with Crippen LogP contribution >= 0.6 is 15.9 Å². The molecule has 2 aromatic rings. The number of hydrogen-bond donors (Lipinski definition) is 1. The van der Waals surface area contributed by atoms with Gasteiger partial charge >= 0.3 is 5.63 Å². The van der Waals surface area contributed by atoms with E-state index in [2.05, 4.69) is 20.8 Å². The van der Waals surface area contributed by atoms with Gasteiger partial charge in [0.1, 0.15) is 5.58 Å². The Bertz CT molecular complexity index is 647. The van der Waals surface area contributed by atoms with Crippen molar-refractivity contribution in [2.24, 2.45) is 5.73 Å². The largest absolute Gasteiger partial charge is 0.423 e. The topological polar surface area (TPSA) is 59.5 Å². The predicted octanol–water partition coefficient (Wildman–Crippen LogP) is 1.70. The van der Waals surface area contributed by atoms with Crippen LogP contribution in [0, 0.1) is 0 Å². The van der Waals surface area contributed by atoms with E-state index < -0.39 is 0 Å². The van der Waals surface area contributed by atoms with Crippen molar-refractivity contribution in [1.82, 2.24) is 4.90 Å². The molecule has 94 valence electrons. The fourth-order valence-corrected chi connectivity index (χ4v) is 2.65. The summed E-state index contributed by atoms with van der Waals surface area (Å²) < 4.78 is 6.11. The van der Waals surface area contributed by atoms with Gasteiger partial charge in [-0.15, -0.1) is 0 Å². The molecule has 0 saturated carbocycles. The fraction of sp³-hybridized carbons (Fsp3) is 0.308. The van der Waals surface area contributed by atoms with E-state index in [4.69, 9.17) is 10.2 Å². The Kier molecular flexibility index (Phi) is 2.97. The lowest BCUT2D eigenvalue weighted by molar-refractivity contribution is 0.143. The molecule has 0 aliphatic carbocycles. The van der Waals surface area contributed by atoms with Gasteiger partial charge in [0.05, 0.1) is 0 Å². The molecule has 18 heavy (non-hydrogen) atoms. The first-order chi connectivity index (χ1) is 8.61. The summed E-state index contributed by atoms with van der Waals surface area (Å²) >= 11 is 3.38. The van der Waals surface area contributed by atoms with E-state index in [0.29, 0.717) is 5.58 Å². The second-order valence-electron chi connectivity index (χ2n) is 4.69. The lowest BCUT2D eigenvalue weighted by Gasteiger charge is -2.36. The van der Waals surface area contributed by atoms with Crippen LogP contribution in [-0.4, -0.2) is 24.0 Å². The summed E-state index contributed by atoms with van der Waals surface area (Å²) in [5, 5.41) is 0.985. The third kappa shape index (κ3) is 2.21. The Morgan fingerprint density at radius 3 is 2.89 bits per heavy atom. The monoisotopic (exact) mass is 308 g/mol. The maximum Gasteiger partial charge on any atom is 0.336 e. The number of halogens is 1. The van der Waals surface area contributed by atoms with Crippen LogP contribution in [0.5, 0.6) is 0 Å². The average molecular weight is 309 g/mol. The minimum absolute atomic E-state index is 0.269. The molecule has 2 N–H and O–H groups in total. The number of rotatable bonds is 2. The van der Waals surface area contributed by atoms with E-state index in [0.717, 1.165) is 35.1 Å². The number of nitrogens with zero attached hydrogens (tertiary/aromatic N) is 1. The van der Waals surface area contributed by atoms with Crippen molar-refractivity contribution in [2.45, 2.75) is 12.6 Å². The molecule has 1 fully saturated rings. The highest BCUT2D eigenvalue weighted by Gasteiger charge is 2.23. The van der Waals surface area contributed by atoms with Gasteiger partial charge in [-0.05, 0) is 23.8 Å². The van der Waals surface area contributed by atoms with Crippen LogP contribution in [0.3, 0.4) is 0 Å². The standard InChI is InChI=1S/C13H13BrN2O2/c14-9-1-2-11-8(5-16-6-10(15)7-16)3-13(17)18-12(11)4-9/h1-4,10H,5-7,15H2. The van der Waals surface area contributed by atoms with Crippen molar-refractivity contribution in [3.63, 3.8) is 0 Å². The van der Waals surface area contributed by atoms with Crippen LogP contribution in [0.2, 0.25) is 0 Å². The van der Waals surface area contributed by atoms with Gasteiger partial charge in [0.2, 0.25) is 0 Å². The molecule has 0 amide bonds. The summed E-state index contributed by atoms with van der Waals surface area (Å²) in [6.45, 7) is 2.52. The summed E-state index contributed by atoms with van der Waals surface area (Å²) in [7, 11) is 0. The van der Waals surface area contributed by atoms with Gasteiger partial charge in [-0.3, -0.25) is 4.90 Å². The molecule has 5 heteroatoms. The molecule has 3 rings (SSSR count). The zero-order valence-corrected chi connectivity index (χ0v) is 11.3. The van der Waals surface area contributed by atoms with Gasteiger partial charge in [0.25, 0.3) is 0 Å². The smallest absolute Gasteiger partial charge is 0.336 e. The number of benzene rings is 1. The highest BCUT2D eigenvalue weighted by atomic mass is 79.9. The minimum Gasteiger partial charge on any atom is -0.423 e. The lowest BCUT2D eigenvalue weighted by atomic mass is 10.1. The summed E-state index contributed by atoms with van der Waals surface area (Å²) in [6, 6.07) is 7.58. The molecule has 0 unspecified atom stereocenters. The maximum atomic E-state index is 11.5. The molecule has 1 aromatic heterocycles. The maximum absolute atomic E-state index is 11.5. The van der Waals surface area contributed by atoms with E-state index >= 15 is 0 Å². The van der Waals surface area contributed by atoms with Crippen molar-refractivity contribution in [3.05, 3.63) is 44.7 Å². The first kappa shape index (κ1) is 11.9. The highest BCUT2D eigenvalue weighted by molar-refractivity contribution is 9.10. The molecule has 0 atom stereocenters. The van der Waals surface area contributed by atoms with Gasteiger partial charge in [0, 0.05) is 41.6 Å². The lowest BCUT2D eigenvalue weighted by Crippen LogP contribution is -2.54. The van der Waals surface area contributed by atoms with E-state index in [1.807, 2.05) is 18.2 Å². The first-order valence-corrected chi connectivity index (χ1v) is 6.61. The third-order valence-electron chi connectivity index (χ3n) is 3.17. The second-order valence-corrected chi connectivity index (χ2v) is 5.60. The zero-order chi connectivity index (χ0) is 12.7. The Labute approximate surface area is 113 Å². The molecular weight excluding hydrogens is 296 g/mol. The Morgan fingerprint density at radius 1 is 1.39 bits per heavy atom. The van der Waals surface area contributed by atoms with E-state index in [1.54, 1.807) is 6.07 Å². The van der Waals surface area contributed by atoms with Gasteiger partial charge in [-0.1, -0.05) is 15.9 Å². The SMILES string of the molecule is NC1CN(Cc2cc(=O)oc3cc(Br)ccc23)C1. The second kappa shape index (κ2) is 4.50. The quantitative estimate of drug-likeness (QED) is 0.858. The Balaban J connectivity index is 2.02. The number of hydrogen-bond acceptors (Lipinski definition) is 4. The Hall–Kier alpha value is -1.17. The van der Waals surface area contributed by atoms with Crippen LogP contribution in [0.15, 0.2) is 37.9 Å². The summed E-state index contributed by atoms with van der Waals surface area (Å²) in [5.74, 6) is 0. The van der Waals surface area contributed by atoms with Crippen LogP contribution in [0.4, 0.5) is 0 Å². The van der Waals surface area contributed by atoms with Crippen LogP contribution in [0.1, 0.15) is 5.56 Å². The zero-order valence-electron chi connectivity index (χ0n) is 9.73. The first-order valence-electron chi connectivity index (χ1n) is 5.82. The summed E-state index contributed by atoms with van der Waals surface area (Å²) in [6.07, 6.45) is 0. The summed E-state index contributed by atoms with van der Waals surface area (Å²) in [5.41, 5.74) is 7.07. The molecule has 0 radical (unpaired) electrons. The molecule has 4 nitrogen and oxygen atoms in total. The number of nitrogens with two attached hydrogens (primary N) is 1. The highest BCUT2D eigenvalue weighted by Crippen LogP contribution is 2.23. The van der Waals surface area contributed by atoms with Crippen molar-refractivity contribution in [1.29, 1.82) is 0 Å². The molecular formula is C13H13BrN2O2. The molecule has 0 spiro atoms. The third-order valence-corrected chi connectivity index (χ3v) is 3.66. The van der Waals surface area contributed by atoms with Gasteiger partial charge in [0.15, 0.2) is 0 Å². The molecule has 1 aliphatic heterocycles. The molecule has 1 aromatic carbocycles. The molecule has 1 saturated heterocycles. The molecule has 2 heterocycles. The Morgan fingerprint density at radius 2 is 2.17 bits per heavy atom. The van der Waals surface area contributed by atoms with E-state index in [1.165, 1.54) is 0 Å². The van der Waals surface area contributed by atoms with E-state index in [-0.39, 0.29) is 11.7 Å². The van der Waals surface area contributed by atoms with Gasteiger partial charge in [-0.2, -0.15) is 0 Å². The van der Waals surface area contributed by atoms with Crippen LogP contribution in [-0.2, 0) is 6.54 Å².